The molecule has 23 heavy (non-hydrogen) atoms. The summed E-state index contributed by atoms with van der Waals surface area (Å²) in [7, 11) is 3.36. The van der Waals surface area contributed by atoms with Gasteiger partial charge in [0.25, 0.3) is 0 Å². The summed E-state index contributed by atoms with van der Waals surface area (Å²) in [4.78, 5) is 14.0. The summed E-state index contributed by atoms with van der Waals surface area (Å²) in [5.74, 6) is 0.324. The fourth-order valence-electron chi connectivity index (χ4n) is 2.27. The lowest BCUT2D eigenvalue weighted by Gasteiger charge is -2.25. The van der Waals surface area contributed by atoms with E-state index in [2.05, 4.69) is 0 Å². The Bertz CT molecular complexity index is 695. The van der Waals surface area contributed by atoms with Crippen LogP contribution in [0.2, 0.25) is 0 Å². The van der Waals surface area contributed by atoms with E-state index in [0.717, 1.165) is 16.9 Å². The van der Waals surface area contributed by atoms with Crippen molar-refractivity contribution in [3.8, 4) is 5.75 Å². The number of hydrogen-bond acceptors (Lipinski definition) is 2. The lowest BCUT2D eigenvalue weighted by molar-refractivity contribution is -0.126. The zero-order chi connectivity index (χ0) is 16.8. The van der Waals surface area contributed by atoms with Crippen molar-refractivity contribution < 1.29 is 13.9 Å². The van der Waals surface area contributed by atoms with E-state index in [9.17, 15) is 9.18 Å². The molecule has 1 atom stereocenters. The van der Waals surface area contributed by atoms with Crippen LogP contribution in [0.4, 0.5) is 4.39 Å². The highest BCUT2D eigenvalue weighted by Gasteiger charge is 2.18. The van der Waals surface area contributed by atoms with E-state index < -0.39 is 0 Å². The van der Waals surface area contributed by atoms with E-state index in [0.29, 0.717) is 0 Å². The molecule has 0 N–H and O–H groups in total. The van der Waals surface area contributed by atoms with E-state index in [1.807, 2.05) is 31.2 Å². The van der Waals surface area contributed by atoms with Gasteiger partial charge < -0.3 is 9.64 Å². The average Bonchev–Trinajstić information content (AvgIpc) is 2.59. The zero-order valence-corrected chi connectivity index (χ0v) is 13.5. The Labute approximate surface area is 136 Å². The van der Waals surface area contributed by atoms with E-state index in [1.165, 1.54) is 18.2 Å². The molecule has 1 amide bonds. The minimum atomic E-state index is -0.296. The smallest absolute Gasteiger partial charge is 0.246 e. The number of halogens is 1. The van der Waals surface area contributed by atoms with Gasteiger partial charge in [0.2, 0.25) is 5.91 Å². The number of amides is 1. The molecule has 2 aromatic rings. The highest BCUT2D eigenvalue weighted by Crippen LogP contribution is 2.28. The molecule has 4 heteroatoms. The third kappa shape index (κ3) is 4.19. The van der Waals surface area contributed by atoms with Crippen molar-refractivity contribution in [1.29, 1.82) is 0 Å². The molecular weight excluding hydrogens is 293 g/mol. The molecular formula is C19H20FNO2. The van der Waals surface area contributed by atoms with Crippen LogP contribution in [0, 0.1) is 5.82 Å². The van der Waals surface area contributed by atoms with Crippen molar-refractivity contribution in [1.82, 2.24) is 4.90 Å². The third-order valence-corrected chi connectivity index (χ3v) is 3.81. The van der Waals surface area contributed by atoms with Gasteiger partial charge in [0.1, 0.15) is 11.6 Å². The fourth-order valence-corrected chi connectivity index (χ4v) is 2.27. The van der Waals surface area contributed by atoms with Crippen molar-refractivity contribution in [3.63, 3.8) is 0 Å². The van der Waals surface area contributed by atoms with Gasteiger partial charge in [0.05, 0.1) is 13.2 Å². The predicted molar refractivity (Wildman–Crippen MR) is 89.6 cm³/mol. The summed E-state index contributed by atoms with van der Waals surface area (Å²) < 4.78 is 18.2. The van der Waals surface area contributed by atoms with Gasteiger partial charge in [-0.3, -0.25) is 4.79 Å². The number of carbonyl (C=O) groups is 1. The van der Waals surface area contributed by atoms with Crippen molar-refractivity contribution in [2.24, 2.45) is 0 Å². The Morgan fingerprint density at radius 3 is 2.48 bits per heavy atom. The van der Waals surface area contributed by atoms with E-state index in [1.54, 1.807) is 37.3 Å². The maximum atomic E-state index is 12.9. The second-order valence-corrected chi connectivity index (χ2v) is 5.25. The number of likely N-dealkylation sites (N-methyl/N-ethyl adjacent to an activating group) is 1. The quantitative estimate of drug-likeness (QED) is 0.779. The van der Waals surface area contributed by atoms with Crippen LogP contribution in [0.15, 0.2) is 54.6 Å². The van der Waals surface area contributed by atoms with Crippen LogP contribution >= 0.6 is 0 Å². The summed E-state index contributed by atoms with van der Waals surface area (Å²) in [6, 6.07) is 13.5. The number of hydrogen-bond donors (Lipinski definition) is 0. The first-order chi connectivity index (χ1) is 11.0. The van der Waals surface area contributed by atoms with Crippen molar-refractivity contribution in [3.05, 3.63) is 71.6 Å². The number of benzene rings is 2. The second kappa shape index (κ2) is 7.58. The summed E-state index contributed by atoms with van der Waals surface area (Å²) in [6.45, 7) is 1.95. The standard InChI is InChI=1S/C19H20FNO2/c1-14(17-6-4-5-7-18(17)23-3)21(2)19(22)13-10-15-8-11-16(20)12-9-15/h4-14H,1-3H3/b13-10+. The summed E-state index contributed by atoms with van der Waals surface area (Å²) >= 11 is 0. The molecule has 120 valence electrons. The fraction of sp³-hybridized carbons (Fsp3) is 0.211. The van der Waals surface area contributed by atoms with Gasteiger partial charge in [0, 0.05) is 18.7 Å². The highest BCUT2D eigenvalue weighted by atomic mass is 19.1. The van der Waals surface area contributed by atoms with Gasteiger partial charge in [-0.2, -0.15) is 0 Å². The number of rotatable bonds is 5. The predicted octanol–water partition coefficient (Wildman–Crippen LogP) is 4.07. The molecule has 0 bridgehead atoms. The second-order valence-electron chi connectivity index (χ2n) is 5.25. The van der Waals surface area contributed by atoms with Crippen LogP contribution in [0.5, 0.6) is 5.75 Å². The Balaban J connectivity index is 2.11. The van der Waals surface area contributed by atoms with E-state index >= 15 is 0 Å². The van der Waals surface area contributed by atoms with Gasteiger partial charge in [0.15, 0.2) is 0 Å². The Kier molecular flexibility index (Phi) is 5.52. The molecule has 0 radical (unpaired) electrons. The van der Waals surface area contributed by atoms with Crippen LogP contribution in [0.25, 0.3) is 6.08 Å². The molecule has 0 aromatic heterocycles. The molecule has 3 nitrogen and oxygen atoms in total. The summed E-state index contributed by atoms with van der Waals surface area (Å²) in [6.07, 6.45) is 3.16. The maximum Gasteiger partial charge on any atom is 0.246 e. The molecule has 2 aromatic carbocycles. The number of para-hydroxylation sites is 1. The van der Waals surface area contributed by atoms with E-state index in [-0.39, 0.29) is 17.8 Å². The molecule has 0 fully saturated rings. The Hall–Kier alpha value is -2.62. The normalized spacial score (nSPS) is 12.2. The molecule has 0 saturated heterocycles. The third-order valence-electron chi connectivity index (χ3n) is 3.81. The van der Waals surface area contributed by atoms with Crippen molar-refractivity contribution in [2.45, 2.75) is 13.0 Å². The highest BCUT2D eigenvalue weighted by molar-refractivity contribution is 5.91. The van der Waals surface area contributed by atoms with Crippen LogP contribution < -0.4 is 4.74 Å². The molecule has 2 rings (SSSR count). The van der Waals surface area contributed by atoms with Gasteiger partial charge in [-0.1, -0.05) is 30.3 Å². The Morgan fingerprint density at radius 1 is 1.17 bits per heavy atom. The summed E-state index contributed by atoms with van der Waals surface area (Å²) in [5, 5.41) is 0. The monoisotopic (exact) mass is 313 g/mol. The maximum absolute atomic E-state index is 12.9. The molecule has 0 heterocycles. The number of ether oxygens (including phenoxy) is 1. The van der Waals surface area contributed by atoms with Crippen LogP contribution in [0.3, 0.4) is 0 Å². The van der Waals surface area contributed by atoms with Crippen molar-refractivity contribution >= 4 is 12.0 Å². The minimum Gasteiger partial charge on any atom is -0.496 e. The van der Waals surface area contributed by atoms with Gasteiger partial charge in [-0.05, 0) is 36.8 Å². The molecule has 0 spiro atoms. The Morgan fingerprint density at radius 2 is 1.83 bits per heavy atom. The molecule has 0 aliphatic heterocycles. The molecule has 0 aliphatic rings. The van der Waals surface area contributed by atoms with E-state index in [4.69, 9.17) is 4.74 Å². The topological polar surface area (TPSA) is 29.5 Å². The zero-order valence-electron chi connectivity index (χ0n) is 13.5. The first-order valence-electron chi connectivity index (χ1n) is 7.36. The van der Waals surface area contributed by atoms with Crippen LogP contribution in [-0.4, -0.2) is 25.0 Å². The first-order valence-corrected chi connectivity index (χ1v) is 7.36. The van der Waals surface area contributed by atoms with Crippen LogP contribution in [0.1, 0.15) is 24.1 Å². The average molecular weight is 313 g/mol. The van der Waals surface area contributed by atoms with Gasteiger partial charge in [-0.15, -0.1) is 0 Å². The molecule has 0 saturated carbocycles. The van der Waals surface area contributed by atoms with Crippen LogP contribution in [-0.2, 0) is 4.79 Å². The first kappa shape index (κ1) is 16.7. The van der Waals surface area contributed by atoms with Gasteiger partial charge >= 0.3 is 0 Å². The molecule has 1 unspecified atom stereocenters. The number of nitrogens with zero attached hydrogens (tertiary/aromatic N) is 1. The SMILES string of the molecule is COc1ccccc1C(C)N(C)C(=O)/C=C/c1ccc(F)cc1. The lowest BCUT2D eigenvalue weighted by atomic mass is 10.1. The number of carbonyl (C=O) groups excluding carboxylic acids is 1. The summed E-state index contributed by atoms with van der Waals surface area (Å²) in [5.41, 5.74) is 1.72. The van der Waals surface area contributed by atoms with Gasteiger partial charge in [-0.25, -0.2) is 4.39 Å². The lowest BCUT2D eigenvalue weighted by Crippen LogP contribution is -2.28. The number of methoxy groups -OCH3 is 1. The minimum absolute atomic E-state index is 0.128. The van der Waals surface area contributed by atoms with Crippen molar-refractivity contribution in [2.75, 3.05) is 14.2 Å². The molecule has 0 aliphatic carbocycles. The largest absolute Gasteiger partial charge is 0.496 e.